The zero-order chi connectivity index (χ0) is 17.6. The molecule has 1 aromatic carbocycles. The summed E-state index contributed by atoms with van der Waals surface area (Å²) in [4.78, 5) is 13.9. The highest BCUT2D eigenvalue weighted by Crippen LogP contribution is 2.24. The maximum Gasteiger partial charge on any atom is 0.250 e. The molecule has 130 valence electrons. The highest BCUT2D eigenvalue weighted by molar-refractivity contribution is 7.80. The number of amides is 1. The smallest absolute Gasteiger partial charge is 0.250 e. The van der Waals surface area contributed by atoms with Gasteiger partial charge in [-0.15, -0.1) is 0 Å². The molecule has 1 fully saturated rings. The molecule has 5 nitrogen and oxygen atoms in total. The second-order valence-corrected chi connectivity index (χ2v) is 6.26. The minimum atomic E-state index is -0.291. The number of nitrogens with one attached hydrogen (secondary N) is 1. The Hall–Kier alpha value is -2.15. The van der Waals surface area contributed by atoms with Gasteiger partial charge in [0.2, 0.25) is 5.91 Å². The predicted octanol–water partition coefficient (Wildman–Crippen LogP) is 3.35. The van der Waals surface area contributed by atoms with Crippen molar-refractivity contribution in [3.63, 3.8) is 0 Å². The molecular weight excluding hydrogens is 360 g/mol. The molecule has 2 heterocycles. The van der Waals surface area contributed by atoms with E-state index in [1.807, 2.05) is 23.1 Å². The summed E-state index contributed by atoms with van der Waals surface area (Å²) < 4.78 is 11.0. The van der Waals surface area contributed by atoms with Gasteiger partial charge in [-0.2, -0.15) is 0 Å². The van der Waals surface area contributed by atoms with Crippen LogP contribution in [0.1, 0.15) is 5.76 Å². The van der Waals surface area contributed by atoms with Gasteiger partial charge in [-0.3, -0.25) is 10.1 Å². The van der Waals surface area contributed by atoms with E-state index in [-0.39, 0.29) is 5.91 Å². The third-order valence-corrected chi connectivity index (χ3v) is 4.30. The molecule has 1 aliphatic rings. The molecule has 0 saturated carbocycles. The first-order valence-corrected chi connectivity index (χ1v) is 8.62. The standard InChI is InChI=1S/C18H17ClN2O3S/c19-14-3-1-13(2-4-14)16-7-5-15(24-16)6-8-17(22)20-18(25)21-9-11-23-12-10-21/h1-8H,9-12H2,(H,20,22,25). The normalized spacial score (nSPS) is 14.7. The maximum atomic E-state index is 12.0. The lowest BCUT2D eigenvalue weighted by molar-refractivity contribution is -0.115. The van der Waals surface area contributed by atoms with Crippen molar-refractivity contribution in [1.82, 2.24) is 10.2 Å². The van der Waals surface area contributed by atoms with E-state index in [9.17, 15) is 4.79 Å². The number of ether oxygens (including phenoxy) is 1. The molecule has 0 bridgehead atoms. The number of thiocarbonyl (C=S) groups is 1. The fourth-order valence-corrected chi connectivity index (χ4v) is 2.77. The van der Waals surface area contributed by atoms with Gasteiger partial charge in [0.25, 0.3) is 0 Å². The molecule has 1 saturated heterocycles. The number of morpholine rings is 1. The SMILES string of the molecule is O=C(C=Cc1ccc(-c2ccc(Cl)cc2)o1)NC(=S)N1CCOCC1. The Morgan fingerprint density at radius 3 is 2.60 bits per heavy atom. The molecule has 25 heavy (non-hydrogen) atoms. The Morgan fingerprint density at radius 1 is 1.16 bits per heavy atom. The first-order chi connectivity index (χ1) is 12.1. The summed E-state index contributed by atoms with van der Waals surface area (Å²) in [5.74, 6) is 0.999. The molecule has 2 aromatic rings. The lowest BCUT2D eigenvalue weighted by atomic mass is 10.2. The molecule has 1 amide bonds. The third kappa shape index (κ3) is 4.92. The Kier molecular flexibility index (Phi) is 5.86. The number of nitrogens with zero attached hydrogens (tertiary/aromatic N) is 1. The van der Waals surface area contributed by atoms with Crippen LogP contribution in [0, 0.1) is 0 Å². The van der Waals surface area contributed by atoms with E-state index in [1.165, 1.54) is 6.08 Å². The van der Waals surface area contributed by atoms with E-state index >= 15 is 0 Å². The zero-order valence-electron chi connectivity index (χ0n) is 13.4. The van der Waals surface area contributed by atoms with E-state index < -0.39 is 0 Å². The van der Waals surface area contributed by atoms with Crippen LogP contribution >= 0.6 is 23.8 Å². The van der Waals surface area contributed by atoms with Crippen molar-refractivity contribution in [2.75, 3.05) is 26.3 Å². The number of furan rings is 1. The zero-order valence-corrected chi connectivity index (χ0v) is 15.0. The predicted molar refractivity (Wildman–Crippen MR) is 101 cm³/mol. The molecule has 7 heteroatoms. The lowest BCUT2D eigenvalue weighted by Gasteiger charge is -2.28. The van der Waals surface area contributed by atoms with Gasteiger partial charge < -0.3 is 14.1 Å². The second-order valence-electron chi connectivity index (χ2n) is 5.44. The summed E-state index contributed by atoms with van der Waals surface area (Å²) in [6.07, 6.45) is 3.01. The van der Waals surface area contributed by atoms with Crippen molar-refractivity contribution >= 4 is 40.9 Å². The van der Waals surface area contributed by atoms with Gasteiger partial charge >= 0.3 is 0 Å². The Bertz CT molecular complexity index is 780. The van der Waals surface area contributed by atoms with Gasteiger partial charge in [0.1, 0.15) is 11.5 Å². The molecule has 0 unspecified atom stereocenters. The third-order valence-electron chi connectivity index (χ3n) is 3.68. The number of carbonyl (C=O) groups is 1. The minimum absolute atomic E-state index is 0.291. The van der Waals surface area contributed by atoms with Crippen LogP contribution in [0.15, 0.2) is 46.9 Å². The summed E-state index contributed by atoms with van der Waals surface area (Å²) in [6.45, 7) is 2.61. The summed E-state index contributed by atoms with van der Waals surface area (Å²) >= 11 is 11.1. The van der Waals surface area contributed by atoms with Gasteiger partial charge in [0.05, 0.1) is 13.2 Å². The van der Waals surface area contributed by atoms with Gasteiger partial charge in [0.15, 0.2) is 5.11 Å². The largest absolute Gasteiger partial charge is 0.457 e. The van der Waals surface area contributed by atoms with Crippen LogP contribution in [0.5, 0.6) is 0 Å². The van der Waals surface area contributed by atoms with Gasteiger partial charge in [0, 0.05) is 29.8 Å². The minimum Gasteiger partial charge on any atom is -0.457 e. The first-order valence-electron chi connectivity index (χ1n) is 7.83. The van der Waals surface area contributed by atoms with Crippen LogP contribution in [0.3, 0.4) is 0 Å². The fraction of sp³-hybridized carbons (Fsp3) is 0.222. The number of halogens is 1. The van der Waals surface area contributed by atoms with Crippen LogP contribution < -0.4 is 5.32 Å². The Balaban J connectivity index is 1.57. The Labute approximate surface area is 156 Å². The van der Waals surface area contributed by atoms with E-state index in [0.29, 0.717) is 48.0 Å². The van der Waals surface area contributed by atoms with Crippen molar-refractivity contribution in [2.45, 2.75) is 0 Å². The topological polar surface area (TPSA) is 54.7 Å². The maximum absolute atomic E-state index is 12.0. The molecule has 0 spiro atoms. The summed E-state index contributed by atoms with van der Waals surface area (Å²) in [6, 6.07) is 11.0. The van der Waals surface area contributed by atoms with E-state index in [4.69, 9.17) is 33.0 Å². The van der Waals surface area contributed by atoms with Crippen molar-refractivity contribution in [3.8, 4) is 11.3 Å². The first kappa shape index (κ1) is 17.7. The van der Waals surface area contributed by atoms with Crippen LogP contribution in [0.4, 0.5) is 0 Å². The van der Waals surface area contributed by atoms with E-state index in [1.54, 1.807) is 24.3 Å². The molecule has 3 rings (SSSR count). The molecule has 1 aliphatic heterocycles. The van der Waals surface area contributed by atoms with Crippen molar-refractivity contribution in [3.05, 3.63) is 53.3 Å². The second kappa shape index (κ2) is 8.29. The van der Waals surface area contributed by atoms with Crippen LogP contribution in [-0.2, 0) is 9.53 Å². The van der Waals surface area contributed by atoms with E-state index in [0.717, 1.165) is 5.56 Å². The average molecular weight is 377 g/mol. The number of carbonyl (C=O) groups excluding carboxylic acids is 1. The molecular formula is C18H17ClN2O3S. The van der Waals surface area contributed by atoms with Crippen molar-refractivity contribution < 1.29 is 13.9 Å². The number of benzene rings is 1. The molecule has 0 aliphatic carbocycles. The lowest BCUT2D eigenvalue weighted by Crippen LogP contribution is -2.47. The van der Waals surface area contributed by atoms with Crippen LogP contribution in [0.2, 0.25) is 5.02 Å². The average Bonchev–Trinajstić information content (AvgIpc) is 3.10. The highest BCUT2D eigenvalue weighted by atomic mass is 35.5. The van der Waals surface area contributed by atoms with Crippen LogP contribution in [0.25, 0.3) is 17.4 Å². The molecule has 1 N–H and O–H groups in total. The Morgan fingerprint density at radius 2 is 1.88 bits per heavy atom. The molecule has 0 atom stereocenters. The van der Waals surface area contributed by atoms with Crippen molar-refractivity contribution in [1.29, 1.82) is 0 Å². The summed E-state index contributed by atoms with van der Waals surface area (Å²) in [5, 5.41) is 3.77. The quantitative estimate of drug-likeness (QED) is 0.657. The number of hydrogen-bond acceptors (Lipinski definition) is 4. The monoisotopic (exact) mass is 376 g/mol. The summed E-state index contributed by atoms with van der Waals surface area (Å²) in [7, 11) is 0. The molecule has 1 aromatic heterocycles. The van der Waals surface area contributed by atoms with Crippen LogP contribution in [-0.4, -0.2) is 42.2 Å². The van der Waals surface area contributed by atoms with E-state index in [2.05, 4.69) is 5.32 Å². The van der Waals surface area contributed by atoms with Gasteiger partial charge in [-0.25, -0.2) is 0 Å². The number of hydrogen-bond donors (Lipinski definition) is 1. The number of rotatable bonds is 3. The molecule has 0 radical (unpaired) electrons. The fourth-order valence-electron chi connectivity index (χ4n) is 2.36. The van der Waals surface area contributed by atoms with Gasteiger partial charge in [-0.1, -0.05) is 11.6 Å². The summed E-state index contributed by atoms with van der Waals surface area (Å²) in [5.41, 5.74) is 0.919. The highest BCUT2D eigenvalue weighted by Gasteiger charge is 2.14. The van der Waals surface area contributed by atoms with Crippen molar-refractivity contribution in [2.24, 2.45) is 0 Å². The van der Waals surface area contributed by atoms with Gasteiger partial charge in [-0.05, 0) is 54.7 Å².